The molecule has 0 aliphatic carbocycles. The van der Waals surface area contributed by atoms with Crippen molar-refractivity contribution in [3.8, 4) is 0 Å². The van der Waals surface area contributed by atoms with Crippen LogP contribution >= 0.6 is 0 Å². The summed E-state index contributed by atoms with van der Waals surface area (Å²) >= 11 is 0. The van der Waals surface area contributed by atoms with E-state index in [-0.39, 0.29) is 12.5 Å². The monoisotopic (exact) mass is 231 g/mol. The van der Waals surface area contributed by atoms with Crippen molar-refractivity contribution in [3.63, 3.8) is 0 Å². The standard InChI is InChI=1S/C12H13N3O2/c16-5-1-4-14-12(17)9-2-3-10-7-13-8-15-11(10)6-9/h2-3,6-8,16H,1,4-5H2,(H,14,17). The van der Waals surface area contributed by atoms with Crippen LogP contribution in [0.3, 0.4) is 0 Å². The molecule has 0 saturated heterocycles. The predicted molar refractivity (Wildman–Crippen MR) is 63.6 cm³/mol. The van der Waals surface area contributed by atoms with E-state index >= 15 is 0 Å². The Morgan fingerprint density at radius 3 is 3.12 bits per heavy atom. The predicted octanol–water partition coefficient (Wildman–Crippen LogP) is 0.742. The number of aliphatic hydroxyl groups is 1. The highest BCUT2D eigenvalue weighted by Gasteiger charge is 2.05. The topological polar surface area (TPSA) is 75.1 Å². The van der Waals surface area contributed by atoms with Crippen molar-refractivity contribution < 1.29 is 9.90 Å². The zero-order chi connectivity index (χ0) is 12.1. The molecule has 0 radical (unpaired) electrons. The Balaban J connectivity index is 2.15. The molecular weight excluding hydrogens is 218 g/mol. The summed E-state index contributed by atoms with van der Waals surface area (Å²) in [4.78, 5) is 19.7. The lowest BCUT2D eigenvalue weighted by Crippen LogP contribution is -2.24. The molecule has 0 bridgehead atoms. The van der Waals surface area contributed by atoms with Gasteiger partial charge in [-0.05, 0) is 18.6 Å². The zero-order valence-electron chi connectivity index (χ0n) is 9.26. The number of carbonyl (C=O) groups excluding carboxylic acids is 1. The van der Waals surface area contributed by atoms with Gasteiger partial charge in [0, 0.05) is 30.3 Å². The lowest BCUT2D eigenvalue weighted by atomic mass is 10.1. The Kier molecular flexibility index (Phi) is 3.62. The second kappa shape index (κ2) is 5.36. The number of hydrogen-bond donors (Lipinski definition) is 2. The van der Waals surface area contributed by atoms with Crippen molar-refractivity contribution in [3.05, 3.63) is 36.3 Å². The van der Waals surface area contributed by atoms with Crippen molar-refractivity contribution in [2.75, 3.05) is 13.2 Å². The maximum atomic E-state index is 11.7. The van der Waals surface area contributed by atoms with Crippen LogP contribution in [0.25, 0.3) is 10.9 Å². The van der Waals surface area contributed by atoms with Crippen LogP contribution < -0.4 is 5.32 Å². The first-order valence-electron chi connectivity index (χ1n) is 5.40. The molecule has 1 aromatic heterocycles. The van der Waals surface area contributed by atoms with Crippen LogP contribution in [0.15, 0.2) is 30.7 Å². The summed E-state index contributed by atoms with van der Waals surface area (Å²) in [5.41, 5.74) is 1.31. The van der Waals surface area contributed by atoms with E-state index in [1.54, 1.807) is 18.3 Å². The molecule has 0 atom stereocenters. The van der Waals surface area contributed by atoms with Crippen molar-refractivity contribution >= 4 is 16.8 Å². The normalized spacial score (nSPS) is 10.4. The third-order valence-corrected chi connectivity index (χ3v) is 2.39. The molecule has 0 saturated carbocycles. The van der Waals surface area contributed by atoms with Gasteiger partial charge >= 0.3 is 0 Å². The van der Waals surface area contributed by atoms with Crippen LogP contribution in [-0.4, -0.2) is 34.1 Å². The van der Waals surface area contributed by atoms with Gasteiger partial charge in [0.2, 0.25) is 0 Å². The molecule has 17 heavy (non-hydrogen) atoms. The second-order valence-electron chi connectivity index (χ2n) is 3.63. The van der Waals surface area contributed by atoms with Crippen LogP contribution in [-0.2, 0) is 0 Å². The largest absolute Gasteiger partial charge is 0.396 e. The molecule has 0 spiro atoms. The van der Waals surface area contributed by atoms with Crippen LogP contribution in [0.1, 0.15) is 16.8 Å². The minimum absolute atomic E-state index is 0.0746. The molecule has 1 heterocycles. The molecule has 1 amide bonds. The van der Waals surface area contributed by atoms with Gasteiger partial charge in [-0.3, -0.25) is 4.79 Å². The molecular formula is C12H13N3O2. The zero-order valence-corrected chi connectivity index (χ0v) is 9.26. The van der Waals surface area contributed by atoms with Crippen LogP contribution in [0.5, 0.6) is 0 Å². The van der Waals surface area contributed by atoms with E-state index in [4.69, 9.17) is 5.11 Å². The number of hydrogen-bond acceptors (Lipinski definition) is 4. The fraction of sp³-hybridized carbons (Fsp3) is 0.250. The summed E-state index contributed by atoms with van der Waals surface area (Å²) in [6.07, 6.45) is 3.72. The smallest absolute Gasteiger partial charge is 0.251 e. The molecule has 5 nitrogen and oxygen atoms in total. The summed E-state index contributed by atoms with van der Waals surface area (Å²) in [6, 6.07) is 5.28. The van der Waals surface area contributed by atoms with Gasteiger partial charge in [-0.25, -0.2) is 9.97 Å². The molecule has 5 heteroatoms. The number of rotatable bonds is 4. The third-order valence-electron chi connectivity index (χ3n) is 2.39. The molecule has 2 N–H and O–H groups in total. The maximum absolute atomic E-state index is 11.7. The van der Waals surface area contributed by atoms with E-state index in [1.807, 2.05) is 6.07 Å². The number of carbonyl (C=O) groups is 1. The van der Waals surface area contributed by atoms with Gasteiger partial charge in [0.1, 0.15) is 6.33 Å². The quantitative estimate of drug-likeness (QED) is 0.761. The molecule has 1 aromatic carbocycles. The van der Waals surface area contributed by atoms with Crippen LogP contribution in [0.2, 0.25) is 0 Å². The maximum Gasteiger partial charge on any atom is 0.251 e. The Morgan fingerprint density at radius 1 is 1.41 bits per heavy atom. The lowest BCUT2D eigenvalue weighted by Gasteiger charge is -2.04. The van der Waals surface area contributed by atoms with Crippen molar-refractivity contribution in [2.45, 2.75) is 6.42 Å². The molecule has 0 aliphatic heterocycles. The SMILES string of the molecule is O=C(NCCCO)c1ccc2cncnc2c1. The summed E-state index contributed by atoms with van der Waals surface area (Å²) in [7, 11) is 0. The summed E-state index contributed by atoms with van der Waals surface area (Å²) in [6.45, 7) is 0.544. The van der Waals surface area contributed by atoms with Crippen LogP contribution in [0, 0.1) is 0 Å². The van der Waals surface area contributed by atoms with Gasteiger partial charge in [0.15, 0.2) is 0 Å². The van der Waals surface area contributed by atoms with E-state index < -0.39 is 0 Å². The van der Waals surface area contributed by atoms with Gasteiger partial charge in [-0.1, -0.05) is 6.07 Å². The highest BCUT2D eigenvalue weighted by molar-refractivity contribution is 5.97. The Bertz CT molecular complexity index is 528. The van der Waals surface area contributed by atoms with Gasteiger partial charge in [-0.2, -0.15) is 0 Å². The molecule has 2 aromatic rings. The van der Waals surface area contributed by atoms with Gasteiger partial charge < -0.3 is 10.4 Å². The van der Waals surface area contributed by atoms with Crippen LogP contribution in [0.4, 0.5) is 0 Å². The average Bonchev–Trinajstić information content (AvgIpc) is 2.38. The molecule has 0 unspecified atom stereocenters. The minimum atomic E-state index is -0.154. The minimum Gasteiger partial charge on any atom is -0.396 e. The second-order valence-corrected chi connectivity index (χ2v) is 3.63. The molecule has 2 rings (SSSR count). The number of amides is 1. The summed E-state index contributed by atoms with van der Waals surface area (Å²) < 4.78 is 0. The number of nitrogens with one attached hydrogen (secondary N) is 1. The third kappa shape index (κ3) is 2.76. The summed E-state index contributed by atoms with van der Waals surface area (Å²) in [5.74, 6) is -0.154. The Morgan fingerprint density at radius 2 is 2.29 bits per heavy atom. The first-order valence-corrected chi connectivity index (χ1v) is 5.40. The van der Waals surface area contributed by atoms with E-state index in [9.17, 15) is 4.79 Å². The Labute approximate surface area is 98.5 Å². The van der Waals surface area contributed by atoms with E-state index in [0.29, 0.717) is 18.5 Å². The molecule has 0 fully saturated rings. The average molecular weight is 231 g/mol. The number of aliphatic hydroxyl groups excluding tert-OH is 1. The highest BCUT2D eigenvalue weighted by Crippen LogP contribution is 2.11. The Hall–Kier alpha value is -2.01. The first-order chi connectivity index (χ1) is 8.31. The van der Waals surface area contributed by atoms with E-state index in [0.717, 1.165) is 10.9 Å². The van der Waals surface area contributed by atoms with Crippen molar-refractivity contribution in [1.82, 2.24) is 15.3 Å². The van der Waals surface area contributed by atoms with Gasteiger partial charge in [0.25, 0.3) is 5.91 Å². The number of aromatic nitrogens is 2. The van der Waals surface area contributed by atoms with Crippen molar-refractivity contribution in [1.29, 1.82) is 0 Å². The van der Waals surface area contributed by atoms with Crippen molar-refractivity contribution in [2.24, 2.45) is 0 Å². The number of nitrogens with zero attached hydrogens (tertiary/aromatic N) is 2. The first kappa shape index (κ1) is 11.5. The molecule has 88 valence electrons. The fourth-order valence-electron chi connectivity index (χ4n) is 1.50. The highest BCUT2D eigenvalue weighted by atomic mass is 16.3. The number of fused-ring (bicyclic) bond motifs is 1. The van der Waals surface area contributed by atoms with Gasteiger partial charge in [-0.15, -0.1) is 0 Å². The van der Waals surface area contributed by atoms with Gasteiger partial charge in [0.05, 0.1) is 5.52 Å². The molecule has 0 aliphatic rings. The number of benzene rings is 1. The fourth-order valence-corrected chi connectivity index (χ4v) is 1.50. The summed E-state index contributed by atoms with van der Waals surface area (Å²) in [5, 5.41) is 12.2. The van der Waals surface area contributed by atoms with E-state index in [2.05, 4.69) is 15.3 Å². The van der Waals surface area contributed by atoms with E-state index in [1.165, 1.54) is 6.33 Å². The lowest BCUT2D eigenvalue weighted by molar-refractivity contribution is 0.0951.